The predicted molar refractivity (Wildman–Crippen MR) is 53.9 cm³/mol. The molecule has 0 amide bonds. The average molecular weight is 225 g/mol. The monoisotopic (exact) mass is 225 g/mol. The van der Waals surface area contributed by atoms with Crippen LogP contribution in [0.2, 0.25) is 0 Å². The molecule has 80 valence electrons. The first-order valence-electron chi connectivity index (χ1n) is 4.88. The fourth-order valence-corrected chi connectivity index (χ4v) is 3.40. The van der Waals surface area contributed by atoms with Gasteiger partial charge < -0.3 is 4.74 Å². The largest absolute Gasteiger partial charge is 0.367 e. The molecule has 0 bridgehead atoms. The topological polar surface area (TPSA) is 49.9 Å². The third-order valence-corrected chi connectivity index (χ3v) is 4.68. The number of fused-ring (bicyclic) bond motifs is 1. The van der Waals surface area contributed by atoms with Gasteiger partial charge in [-0.3, -0.25) is 0 Å². The standard InChI is InChI=1S/C10H11NO3S/c12-15(13,8-4-2-1-3-5-8)11-6-9-10(7-11)14-9/h1-5,9-10H,6-7H2/t9-,10-/m0/s1. The molecule has 0 saturated carbocycles. The van der Waals surface area contributed by atoms with Crippen LogP contribution in [-0.4, -0.2) is 38.0 Å². The Bertz CT molecular complexity index is 461. The van der Waals surface area contributed by atoms with Crippen LogP contribution in [0.15, 0.2) is 35.2 Å². The van der Waals surface area contributed by atoms with Gasteiger partial charge >= 0.3 is 0 Å². The summed E-state index contributed by atoms with van der Waals surface area (Å²) in [6.45, 7) is 1.00. The van der Waals surface area contributed by atoms with Gasteiger partial charge in [0.25, 0.3) is 0 Å². The number of hydrogen-bond acceptors (Lipinski definition) is 3. The fraction of sp³-hybridized carbons (Fsp3) is 0.400. The summed E-state index contributed by atoms with van der Waals surface area (Å²) in [6.07, 6.45) is 0.284. The summed E-state index contributed by atoms with van der Waals surface area (Å²) in [5.41, 5.74) is 0. The number of epoxide rings is 1. The molecule has 2 heterocycles. The van der Waals surface area contributed by atoms with Gasteiger partial charge in [-0.05, 0) is 12.1 Å². The predicted octanol–water partition coefficient (Wildman–Crippen LogP) is 0.458. The average Bonchev–Trinajstić information content (AvgIpc) is 2.87. The van der Waals surface area contributed by atoms with E-state index in [-0.39, 0.29) is 12.2 Å². The van der Waals surface area contributed by atoms with Gasteiger partial charge in [-0.2, -0.15) is 4.31 Å². The van der Waals surface area contributed by atoms with Gasteiger partial charge in [0.2, 0.25) is 10.0 Å². The van der Waals surface area contributed by atoms with Gasteiger partial charge in [0.15, 0.2) is 0 Å². The molecule has 0 radical (unpaired) electrons. The van der Waals surface area contributed by atoms with Crippen LogP contribution in [0, 0.1) is 0 Å². The number of morpholine rings is 1. The van der Waals surface area contributed by atoms with E-state index >= 15 is 0 Å². The highest BCUT2D eigenvalue weighted by molar-refractivity contribution is 7.89. The van der Waals surface area contributed by atoms with Crippen molar-refractivity contribution in [3.63, 3.8) is 0 Å². The summed E-state index contributed by atoms with van der Waals surface area (Å²) in [5.74, 6) is 0. The Morgan fingerprint density at radius 2 is 1.73 bits per heavy atom. The fourth-order valence-electron chi connectivity index (χ4n) is 1.91. The SMILES string of the molecule is O=S(=O)(c1ccccc1)N1C[C@@H]2O[C@H]2C1. The van der Waals surface area contributed by atoms with Crippen molar-refractivity contribution in [2.24, 2.45) is 0 Å². The van der Waals surface area contributed by atoms with E-state index in [2.05, 4.69) is 0 Å². The second kappa shape index (κ2) is 3.04. The quantitative estimate of drug-likeness (QED) is 0.687. The van der Waals surface area contributed by atoms with Crippen molar-refractivity contribution in [1.82, 2.24) is 4.31 Å². The zero-order chi connectivity index (χ0) is 10.5. The van der Waals surface area contributed by atoms with Crippen molar-refractivity contribution in [1.29, 1.82) is 0 Å². The van der Waals surface area contributed by atoms with Gasteiger partial charge in [0.1, 0.15) is 0 Å². The number of rotatable bonds is 2. The van der Waals surface area contributed by atoms with Crippen LogP contribution in [0.1, 0.15) is 0 Å². The van der Waals surface area contributed by atoms with Crippen LogP contribution in [0.3, 0.4) is 0 Å². The highest BCUT2D eigenvalue weighted by Crippen LogP contribution is 2.33. The molecule has 0 spiro atoms. The van der Waals surface area contributed by atoms with E-state index in [1.54, 1.807) is 24.3 Å². The summed E-state index contributed by atoms with van der Waals surface area (Å²) in [6, 6.07) is 8.53. The Balaban J connectivity index is 1.91. The minimum absolute atomic E-state index is 0.142. The van der Waals surface area contributed by atoms with Crippen molar-refractivity contribution in [3.8, 4) is 0 Å². The minimum atomic E-state index is -3.29. The molecule has 1 aromatic rings. The normalized spacial score (nSPS) is 30.1. The van der Waals surface area contributed by atoms with E-state index in [4.69, 9.17) is 4.74 Å². The second-order valence-electron chi connectivity index (χ2n) is 3.85. The van der Waals surface area contributed by atoms with E-state index in [1.165, 1.54) is 4.31 Å². The summed E-state index contributed by atoms with van der Waals surface area (Å²) < 4.78 is 30.9. The lowest BCUT2D eigenvalue weighted by atomic mass is 10.4. The number of nitrogens with zero attached hydrogens (tertiary/aromatic N) is 1. The van der Waals surface area contributed by atoms with Crippen molar-refractivity contribution < 1.29 is 13.2 Å². The van der Waals surface area contributed by atoms with Crippen molar-refractivity contribution in [2.45, 2.75) is 17.1 Å². The van der Waals surface area contributed by atoms with E-state index in [9.17, 15) is 8.42 Å². The Labute approximate surface area is 88.5 Å². The lowest BCUT2D eigenvalue weighted by Crippen LogP contribution is -2.31. The van der Waals surface area contributed by atoms with Gasteiger partial charge in [0, 0.05) is 13.1 Å². The molecule has 2 fully saturated rings. The van der Waals surface area contributed by atoms with E-state index < -0.39 is 10.0 Å². The molecule has 0 N–H and O–H groups in total. The minimum Gasteiger partial charge on any atom is -0.367 e. The summed E-state index contributed by atoms with van der Waals surface area (Å²) in [4.78, 5) is 0.367. The first-order chi connectivity index (χ1) is 7.18. The number of ether oxygens (including phenoxy) is 1. The van der Waals surface area contributed by atoms with Crippen LogP contribution in [0.5, 0.6) is 0 Å². The van der Waals surface area contributed by atoms with E-state index in [0.29, 0.717) is 18.0 Å². The molecule has 2 aliphatic heterocycles. The third kappa shape index (κ3) is 1.47. The van der Waals surface area contributed by atoms with Gasteiger partial charge in [0.05, 0.1) is 17.1 Å². The number of sulfonamides is 1. The Morgan fingerprint density at radius 3 is 2.33 bits per heavy atom. The maximum Gasteiger partial charge on any atom is 0.243 e. The maximum atomic E-state index is 12.1. The highest BCUT2D eigenvalue weighted by Gasteiger charge is 2.50. The zero-order valence-corrected chi connectivity index (χ0v) is 8.85. The van der Waals surface area contributed by atoms with Crippen LogP contribution in [-0.2, 0) is 14.8 Å². The van der Waals surface area contributed by atoms with Gasteiger partial charge in [-0.1, -0.05) is 18.2 Å². The Morgan fingerprint density at radius 1 is 1.13 bits per heavy atom. The molecule has 2 aliphatic rings. The molecular weight excluding hydrogens is 214 g/mol. The smallest absolute Gasteiger partial charge is 0.243 e. The maximum absolute atomic E-state index is 12.1. The lowest BCUT2D eigenvalue weighted by Gasteiger charge is -2.16. The Kier molecular flexibility index (Phi) is 1.89. The molecule has 3 rings (SSSR count). The van der Waals surface area contributed by atoms with Crippen molar-refractivity contribution in [3.05, 3.63) is 30.3 Å². The lowest BCUT2D eigenvalue weighted by molar-refractivity contribution is 0.272. The molecule has 1 aromatic carbocycles. The summed E-state index contributed by atoms with van der Waals surface area (Å²) in [7, 11) is -3.29. The molecule has 2 saturated heterocycles. The van der Waals surface area contributed by atoms with E-state index in [1.807, 2.05) is 6.07 Å². The van der Waals surface area contributed by atoms with Gasteiger partial charge in [-0.25, -0.2) is 8.42 Å². The number of hydrogen-bond donors (Lipinski definition) is 0. The molecule has 2 atom stereocenters. The zero-order valence-electron chi connectivity index (χ0n) is 8.04. The molecule has 5 heteroatoms. The highest BCUT2D eigenvalue weighted by atomic mass is 32.2. The third-order valence-electron chi connectivity index (χ3n) is 2.84. The summed E-state index contributed by atoms with van der Waals surface area (Å²) >= 11 is 0. The second-order valence-corrected chi connectivity index (χ2v) is 5.79. The van der Waals surface area contributed by atoms with Crippen LogP contribution in [0.4, 0.5) is 0 Å². The molecule has 0 unspecified atom stereocenters. The van der Waals surface area contributed by atoms with Crippen LogP contribution in [0.25, 0.3) is 0 Å². The molecule has 0 aromatic heterocycles. The van der Waals surface area contributed by atoms with Crippen LogP contribution < -0.4 is 0 Å². The van der Waals surface area contributed by atoms with Crippen molar-refractivity contribution >= 4 is 10.0 Å². The van der Waals surface area contributed by atoms with E-state index in [0.717, 1.165) is 0 Å². The van der Waals surface area contributed by atoms with Crippen molar-refractivity contribution in [2.75, 3.05) is 13.1 Å². The first-order valence-corrected chi connectivity index (χ1v) is 6.32. The summed E-state index contributed by atoms with van der Waals surface area (Å²) in [5, 5.41) is 0. The molecule has 15 heavy (non-hydrogen) atoms. The Hall–Kier alpha value is -0.910. The number of benzene rings is 1. The molecule has 0 aliphatic carbocycles. The molecule has 4 nitrogen and oxygen atoms in total. The van der Waals surface area contributed by atoms with Crippen LogP contribution >= 0.6 is 0 Å². The van der Waals surface area contributed by atoms with Gasteiger partial charge in [-0.15, -0.1) is 0 Å². The molecular formula is C10H11NO3S. The first kappa shape index (κ1) is 9.33.